The fraction of sp³-hybridized carbons (Fsp3) is 0.143. The van der Waals surface area contributed by atoms with Crippen LogP contribution in [-0.4, -0.2) is 24.9 Å². The summed E-state index contributed by atoms with van der Waals surface area (Å²) in [6.07, 6.45) is 0.769. The Morgan fingerprint density at radius 3 is 2.28 bits per heavy atom. The maximum Gasteiger partial charge on any atom is 0.251 e. The molecule has 0 aliphatic rings. The minimum absolute atomic E-state index is 0.0273. The number of hydrogen-bond acceptors (Lipinski definition) is 2. The Morgan fingerprint density at radius 1 is 0.760 bits per heavy atom. The summed E-state index contributed by atoms with van der Waals surface area (Å²) in [4.78, 5) is 24.1. The monoisotopic (exact) mass is 332 g/mol. The van der Waals surface area contributed by atoms with Crippen molar-refractivity contribution in [3.8, 4) is 0 Å². The average Bonchev–Trinajstić information content (AvgIpc) is 2.66. The molecule has 126 valence electrons. The molecule has 3 aromatic rings. The molecule has 0 aromatic heterocycles. The van der Waals surface area contributed by atoms with E-state index in [1.165, 1.54) is 5.56 Å². The summed E-state index contributed by atoms with van der Waals surface area (Å²) in [5.41, 5.74) is 1.72. The lowest BCUT2D eigenvalue weighted by Crippen LogP contribution is -2.37. The highest BCUT2D eigenvalue weighted by atomic mass is 16.2. The van der Waals surface area contributed by atoms with E-state index in [1.807, 2.05) is 66.7 Å². The second-order valence-electron chi connectivity index (χ2n) is 5.83. The smallest absolute Gasteiger partial charge is 0.251 e. The Balaban J connectivity index is 1.46. The van der Waals surface area contributed by atoms with Gasteiger partial charge in [0.1, 0.15) is 0 Å². The Kier molecular flexibility index (Phi) is 5.42. The molecule has 0 atom stereocenters. The fourth-order valence-electron chi connectivity index (χ4n) is 2.65. The Morgan fingerprint density at radius 2 is 1.48 bits per heavy atom. The van der Waals surface area contributed by atoms with Crippen LogP contribution in [-0.2, 0) is 11.2 Å². The topological polar surface area (TPSA) is 58.2 Å². The molecule has 0 unspecified atom stereocenters. The van der Waals surface area contributed by atoms with Crippen LogP contribution < -0.4 is 10.6 Å². The van der Waals surface area contributed by atoms with Crippen molar-refractivity contribution in [2.75, 3.05) is 13.1 Å². The Labute approximate surface area is 146 Å². The van der Waals surface area contributed by atoms with Crippen molar-refractivity contribution >= 4 is 22.6 Å². The maximum atomic E-state index is 12.2. The van der Waals surface area contributed by atoms with Crippen molar-refractivity contribution in [2.24, 2.45) is 0 Å². The van der Waals surface area contributed by atoms with Crippen molar-refractivity contribution < 1.29 is 9.59 Å². The largest absolute Gasteiger partial charge is 0.354 e. The lowest BCUT2D eigenvalue weighted by molar-refractivity contribution is -0.120. The first-order valence-corrected chi connectivity index (χ1v) is 8.30. The predicted octanol–water partition coefficient (Wildman–Crippen LogP) is 2.93. The molecule has 0 radical (unpaired) electrons. The van der Waals surface area contributed by atoms with Crippen LogP contribution >= 0.6 is 0 Å². The van der Waals surface area contributed by atoms with E-state index < -0.39 is 0 Å². The highest BCUT2D eigenvalue weighted by Crippen LogP contribution is 2.15. The molecule has 3 rings (SSSR count). The van der Waals surface area contributed by atoms with Crippen molar-refractivity contribution in [1.82, 2.24) is 10.6 Å². The molecule has 3 aromatic carbocycles. The van der Waals surface area contributed by atoms with E-state index in [2.05, 4.69) is 10.6 Å². The second-order valence-corrected chi connectivity index (χ2v) is 5.83. The third-order valence-electron chi connectivity index (χ3n) is 4.00. The van der Waals surface area contributed by atoms with Gasteiger partial charge in [0, 0.05) is 12.1 Å². The van der Waals surface area contributed by atoms with Gasteiger partial charge in [0.25, 0.3) is 5.91 Å². The van der Waals surface area contributed by atoms with Crippen molar-refractivity contribution in [2.45, 2.75) is 6.42 Å². The predicted molar refractivity (Wildman–Crippen MR) is 99.4 cm³/mol. The van der Waals surface area contributed by atoms with Gasteiger partial charge in [-0.05, 0) is 34.9 Å². The number of amides is 2. The van der Waals surface area contributed by atoms with Gasteiger partial charge in [-0.15, -0.1) is 0 Å². The molecule has 0 heterocycles. The van der Waals surface area contributed by atoms with Gasteiger partial charge in [-0.3, -0.25) is 9.59 Å². The second kappa shape index (κ2) is 8.11. The zero-order valence-corrected chi connectivity index (χ0v) is 13.9. The number of fused-ring (bicyclic) bond motifs is 1. The highest BCUT2D eigenvalue weighted by Gasteiger charge is 2.08. The standard InChI is InChI=1S/C21H20N2O2/c24-20(22-13-12-16-6-2-1-3-7-16)15-23-21(25)19-11-10-17-8-4-5-9-18(17)14-19/h1-11,14H,12-13,15H2,(H,22,24)(H,23,25). The van der Waals surface area contributed by atoms with E-state index in [-0.39, 0.29) is 18.4 Å². The summed E-state index contributed by atoms with van der Waals surface area (Å²) in [5.74, 6) is -0.436. The van der Waals surface area contributed by atoms with Crippen molar-refractivity contribution in [3.63, 3.8) is 0 Å². The molecule has 0 fully saturated rings. The minimum atomic E-state index is -0.246. The molecule has 0 aliphatic carbocycles. The van der Waals surface area contributed by atoms with Gasteiger partial charge in [-0.25, -0.2) is 0 Å². The van der Waals surface area contributed by atoms with E-state index in [4.69, 9.17) is 0 Å². The Bertz CT molecular complexity index is 875. The lowest BCUT2D eigenvalue weighted by atomic mass is 10.1. The first kappa shape index (κ1) is 16.7. The molecule has 2 N–H and O–H groups in total. The zero-order valence-electron chi connectivity index (χ0n) is 13.9. The lowest BCUT2D eigenvalue weighted by Gasteiger charge is -2.08. The first-order valence-electron chi connectivity index (χ1n) is 8.30. The van der Waals surface area contributed by atoms with E-state index >= 15 is 0 Å². The van der Waals surface area contributed by atoms with Gasteiger partial charge >= 0.3 is 0 Å². The van der Waals surface area contributed by atoms with Gasteiger partial charge < -0.3 is 10.6 Å². The van der Waals surface area contributed by atoms with Gasteiger partial charge in [-0.2, -0.15) is 0 Å². The van der Waals surface area contributed by atoms with Gasteiger partial charge in [0.2, 0.25) is 5.91 Å². The van der Waals surface area contributed by atoms with Gasteiger partial charge in [0.15, 0.2) is 0 Å². The summed E-state index contributed by atoms with van der Waals surface area (Å²) < 4.78 is 0. The van der Waals surface area contributed by atoms with Crippen LogP contribution in [0.15, 0.2) is 72.8 Å². The van der Waals surface area contributed by atoms with Gasteiger partial charge in [-0.1, -0.05) is 60.7 Å². The molecular formula is C21H20N2O2. The third kappa shape index (κ3) is 4.67. The first-order chi connectivity index (χ1) is 12.2. The highest BCUT2D eigenvalue weighted by molar-refractivity contribution is 5.99. The zero-order chi connectivity index (χ0) is 17.5. The van der Waals surface area contributed by atoms with Gasteiger partial charge in [0.05, 0.1) is 6.54 Å². The van der Waals surface area contributed by atoms with Crippen LogP contribution in [0.1, 0.15) is 15.9 Å². The molecule has 25 heavy (non-hydrogen) atoms. The fourth-order valence-corrected chi connectivity index (χ4v) is 2.65. The number of rotatable bonds is 6. The molecule has 0 bridgehead atoms. The molecule has 0 saturated carbocycles. The average molecular weight is 332 g/mol. The van der Waals surface area contributed by atoms with Crippen LogP contribution in [0.5, 0.6) is 0 Å². The number of carbonyl (C=O) groups excluding carboxylic acids is 2. The molecule has 0 aliphatic heterocycles. The van der Waals surface area contributed by atoms with Crippen LogP contribution in [0.3, 0.4) is 0 Å². The normalized spacial score (nSPS) is 10.4. The summed E-state index contributed by atoms with van der Waals surface area (Å²) >= 11 is 0. The van der Waals surface area contributed by atoms with Crippen LogP contribution in [0, 0.1) is 0 Å². The van der Waals surface area contributed by atoms with E-state index in [0.29, 0.717) is 12.1 Å². The summed E-state index contributed by atoms with van der Waals surface area (Å²) in [6, 6.07) is 23.3. The number of nitrogens with one attached hydrogen (secondary N) is 2. The quantitative estimate of drug-likeness (QED) is 0.729. The summed E-state index contributed by atoms with van der Waals surface area (Å²) in [7, 11) is 0. The molecular weight excluding hydrogens is 312 g/mol. The minimum Gasteiger partial charge on any atom is -0.354 e. The SMILES string of the molecule is O=C(CNC(=O)c1ccc2ccccc2c1)NCCc1ccccc1. The number of benzene rings is 3. The van der Waals surface area contributed by atoms with Crippen molar-refractivity contribution in [3.05, 3.63) is 83.9 Å². The number of hydrogen-bond donors (Lipinski definition) is 2. The molecule has 4 heteroatoms. The van der Waals surface area contributed by atoms with E-state index in [0.717, 1.165) is 17.2 Å². The van der Waals surface area contributed by atoms with Crippen LogP contribution in [0.2, 0.25) is 0 Å². The summed E-state index contributed by atoms with van der Waals surface area (Å²) in [6.45, 7) is 0.523. The molecule has 0 spiro atoms. The van der Waals surface area contributed by atoms with E-state index in [9.17, 15) is 9.59 Å². The summed E-state index contributed by atoms with van der Waals surface area (Å²) in [5, 5.41) is 7.56. The molecule has 2 amide bonds. The third-order valence-corrected chi connectivity index (χ3v) is 4.00. The van der Waals surface area contributed by atoms with E-state index in [1.54, 1.807) is 6.07 Å². The Hall–Kier alpha value is -3.14. The number of carbonyl (C=O) groups is 2. The molecule has 0 saturated heterocycles. The van der Waals surface area contributed by atoms with Crippen LogP contribution in [0.25, 0.3) is 10.8 Å². The maximum absolute atomic E-state index is 12.2. The molecule has 4 nitrogen and oxygen atoms in total. The van der Waals surface area contributed by atoms with Crippen LogP contribution in [0.4, 0.5) is 0 Å². The van der Waals surface area contributed by atoms with Crippen molar-refractivity contribution in [1.29, 1.82) is 0 Å².